The predicted molar refractivity (Wildman–Crippen MR) is 67.3 cm³/mol. The first kappa shape index (κ1) is 12.4. The SMILES string of the molecule is COC(=O)c1cc(Sc2nccn2C)ncc1N. The van der Waals surface area contributed by atoms with Gasteiger partial charge in [-0.15, -0.1) is 0 Å². The van der Waals surface area contributed by atoms with Gasteiger partial charge in [0.1, 0.15) is 5.03 Å². The Kier molecular flexibility index (Phi) is 3.52. The molecular weight excluding hydrogens is 252 g/mol. The number of pyridine rings is 1. The fourth-order valence-electron chi connectivity index (χ4n) is 1.33. The van der Waals surface area contributed by atoms with Crippen molar-refractivity contribution in [2.45, 2.75) is 10.2 Å². The van der Waals surface area contributed by atoms with E-state index < -0.39 is 5.97 Å². The molecule has 0 amide bonds. The van der Waals surface area contributed by atoms with Gasteiger partial charge in [0, 0.05) is 19.4 Å². The molecule has 18 heavy (non-hydrogen) atoms. The number of methoxy groups -OCH3 is 1. The summed E-state index contributed by atoms with van der Waals surface area (Å²) in [5.41, 5.74) is 6.28. The highest BCUT2D eigenvalue weighted by Crippen LogP contribution is 2.26. The number of carbonyl (C=O) groups is 1. The van der Waals surface area contributed by atoms with Crippen LogP contribution in [0.4, 0.5) is 5.69 Å². The first-order valence-electron chi connectivity index (χ1n) is 5.11. The number of imidazole rings is 1. The van der Waals surface area contributed by atoms with Crippen molar-refractivity contribution in [3.8, 4) is 0 Å². The zero-order valence-electron chi connectivity index (χ0n) is 9.95. The Bertz CT molecular complexity index is 582. The fraction of sp³-hybridized carbons (Fsp3) is 0.182. The number of aryl methyl sites for hydroxylation is 1. The number of hydrogen-bond donors (Lipinski definition) is 1. The van der Waals surface area contributed by atoms with Crippen LogP contribution in [0.2, 0.25) is 0 Å². The number of hydrogen-bond acceptors (Lipinski definition) is 6. The van der Waals surface area contributed by atoms with Gasteiger partial charge >= 0.3 is 5.97 Å². The van der Waals surface area contributed by atoms with Crippen LogP contribution in [0.25, 0.3) is 0 Å². The molecule has 6 nitrogen and oxygen atoms in total. The summed E-state index contributed by atoms with van der Waals surface area (Å²) >= 11 is 1.35. The first-order chi connectivity index (χ1) is 8.61. The van der Waals surface area contributed by atoms with Crippen molar-refractivity contribution in [1.82, 2.24) is 14.5 Å². The Morgan fingerprint density at radius 2 is 2.28 bits per heavy atom. The van der Waals surface area contributed by atoms with E-state index in [1.54, 1.807) is 12.3 Å². The van der Waals surface area contributed by atoms with Crippen LogP contribution in [-0.2, 0) is 11.8 Å². The van der Waals surface area contributed by atoms with Crippen LogP contribution in [0.1, 0.15) is 10.4 Å². The third kappa shape index (κ3) is 2.45. The largest absolute Gasteiger partial charge is 0.465 e. The Hall–Kier alpha value is -2.02. The van der Waals surface area contributed by atoms with E-state index in [-0.39, 0.29) is 0 Å². The molecule has 2 N–H and O–H groups in total. The summed E-state index contributed by atoms with van der Waals surface area (Å²) in [4.78, 5) is 19.8. The molecule has 2 rings (SSSR count). The summed E-state index contributed by atoms with van der Waals surface area (Å²) in [7, 11) is 3.20. The molecule has 0 aliphatic rings. The van der Waals surface area contributed by atoms with Crippen molar-refractivity contribution in [3.05, 3.63) is 30.2 Å². The number of nitrogen functional groups attached to an aromatic ring is 1. The van der Waals surface area contributed by atoms with Crippen molar-refractivity contribution >= 4 is 23.4 Å². The average molecular weight is 264 g/mol. The minimum absolute atomic E-state index is 0.297. The second-order valence-electron chi connectivity index (χ2n) is 3.52. The summed E-state index contributed by atoms with van der Waals surface area (Å²) in [5.74, 6) is -0.475. The minimum Gasteiger partial charge on any atom is -0.465 e. The van der Waals surface area contributed by atoms with Gasteiger partial charge in [-0.25, -0.2) is 14.8 Å². The Morgan fingerprint density at radius 1 is 1.50 bits per heavy atom. The molecule has 0 fully saturated rings. The van der Waals surface area contributed by atoms with E-state index in [9.17, 15) is 4.79 Å². The first-order valence-corrected chi connectivity index (χ1v) is 5.92. The molecule has 0 aliphatic heterocycles. The monoisotopic (exact) mass is 264 g/mol. The standard InChI is InChI=1S/C11H12N4O2S/c1-15-4-3-13-11(15)18-9-5-7(10(16)17-2)8(12)6-14-9/h3-6H,12H2,1-2H3. The van der Waals surface area contributed by atoms with E-state index >= 15 is 0 Å². The number of esters is 1. The lowest BCUT2D eigenvalue weighted by molar-refractivity contribution is 0.0601. The van der Waals surface area contributed by atoms with E-state index in [4.69, 9.17) is 5.73 Å². The molecule has 0 aromatic carbocycles. The van der Waals surface area contributed by atoms with Crippen molar-refractivity contribution in [1.29, 1.82) is 0 Å². The molecule has 94 valence electrons. The van der Waals surface area contributed by atoms with E-state index in [1.807, 2.05) is 17.8 Å². The Balaban J connectivity index is 2.30. The van der Waals surface area contributed by atoms with E-state index in [1.165, 1.54) is 25.1 Å². The lowest BCUT2D eigenvalue weighted by Gasteiger charge is -2.05. The summed E-state index contributed by atoms with van der Waals surface area (Å²) in [6.45, 7) is 0. The number of rotatable bonds is 3. The van der Waals surface area contributed by atoms with Crippen molar-refractivity contribution in [2.24, 2.45) is 7.05 Å². The Morgan fingerprint density at radius 3 is 2.89 bits per heavy atom. The van der Waals surface area contributed by atoms with Gasteiger partial charge in [-0.2, -0.15) is 0 Å². The third-order valence-corrected chi connectivity index (χ3v) is 3.30. The van der Waals surface area contributed by atoms with Crippen molar-refractivity contribution < 1.29 is 9.53 Å². The summed E-state index contributed by atoms with van der Waals surface area (Å²) in [5, 5.41) is 1.42. The van der Waals surface area contributed by atoms with Gasteiger partial charge in [0.2, 0.25) is 0 Å². The fourth-order valence-corrected chi connectivity index (χ4v) is 2.12. The zero-order valence-corrected chi connectivity index (χ0v) is 10.8. The van der Waals surface area contributed by atoms with Gasteiger partial charge in [-0.3, -0.25) is 0 Å². The van der Waals surface area contributed by atoms with Crippen LogP contribution in [0.3, 0.4) is 0 Å². The van der Waals surface area contributed by atoms with Crippen LogP contribution in [0, 0.1) is 0 Å². The third-order valence-electron chi connectivity index (χ3n) is 2.29. The summed E-state index contributed by atoms with van der Waals surface area (Å²) in [6, 6.07) is 1.60. The number of anilines is 1. The quantitative estimate of drug-likeness (QED) is 0.842. The van der Waals surface area contributed by atoms with Gasteiger partial charge in [0.15, 0.2) is 5.16 Å². The van der Waals surface area contributed by atoms with Crippen molar-refractivity contribution in [3.63, 3.8) is 0 Å². The molecule has 2 aromatic rings. The highest BCUT2D eigenvalue weighted by molar-refractivity contribution is 7.99. The van der Waals surface area contributed by atoms with Crippen LogP contribution in [0.15, 0.2) is 34.8 Å². The van der Waals surface area contributed by atoms with Gasteiger partial charge in [-0.05, 0) is 17.8 Å². The van der Waals surface area contributed by atoms with Crippen LogP contribution < -0.4 is 5.73 Å². The molecule has 0 atom stereocenters. The van der Waals surface area contributed by atoms with Crippen LogP contribution >= 0.6 is 11.8 Å². The molecule has 2 aromatic heterocycles. The highest BCUT2D eigenvalue weighted by atomic mass is 32.2. The molecule has 2 heterocycles. The van der Waals surface area contributed by atoms with Gasteiger partial charge in [0.25, 0.3) is 0 Å². The summed E-state index contributed by atoms with van der Waals surface area (Å²) in [6.07, 6.45) is 4.97. The second-order valence-corrected chi connectivity index (χ2v) is 4.51. The maximum absolute atomic E-state index is 11.5. The molecule has 0 saturated carbocycles. The molecular formula is C11H12N4O2S. The summed E-state index contributed by atoms with van der Waals surface area (Å²) < 4.78 is 6.52. The highest BCUT2D eigenvalue weighted by Gasteiger charge is 2.13. The Labute approximate surface area is 108 Å². The lowest BCUT2D eigenvalue weighted by Crippen LogP contribution is -2.06. The molecule has 0 spiro atoms. The van der Waals surface area contributed by atoms with E-state index in [0.717, 1.165) is 5.16 Å². The smallest absolute Gasteiger partial charge is 0.340 e. The number of nitrogens with zero attached hydrogens (tertiary/aromatic N) is 3. The van der Waals surface area contributed by atoms with Crippen LogP contribution in [-0.4, -0.2) is 27.6 Å². The molecule has 7 heteroatoms. The zero-order chi connectivity index (χ0) is 13.1. The topological polar surface area (TPSA) is 83.0 Å². The lowest BCUT2D eigenvalue weighted by atomic mass is 10.2. The maximum atomic E-state index is 11.5. The van der Waals surface area contributed by atoms with E-state index in [0.29, 0.717) is 16.3 Å². The second kappa shape index (κ2) is 5.09. The molecule has 0 aliphatic carbocycles. The van der Waals surface area contributed by atoms with E-state index in [2.05, 4.69) is 14.7 Å². The van der Waals surface area contributed by atoms with Gasteiger partial charge in [-0.1, -0.05) is 0 Å². The number of nitrogens with two attached hydrogens (primary N) is 1. The molecule has 0 saturated heterocycles. The number of ether oxygens (including phenoxy) is 1. The van der Waals surface area contributed by atoms with Gasteiger partial charge < -0.3 is 15.0 Å². The number of aromatic nitrogens is 3. The average Bonchev–Trinajstić information content (AvgIpc) is 2.76. The van der Waals surface area contributed by atoms with Crippen LogP contribution in [0.5, 0.6) is 0 Å². The maximum Gasteiger partial charge on any atom is 0.340 e. The molecule has 0 unspecified atom stereocenters. The normalized spacial score (nSPS) is 10.3. The molecule has 0 radical (unpaired) electrons. The minimum atomic E-state index is -0.475. The predicted octanol–water partition coefficient (Wildman–Crippen LogP) is 1.34. The van der Waals surface area contributed by atoms with Crippen molar-refractivity contribution in [2.75, 3.05) is 12.8 Å². The molecule has 0 bridgehead atoms. The van der Waals surface area contributed by atoms with Gasteiger partial charge in [0.05, 0.1) is 24.6 Å². The number of carbonyl (C=O) groups excluding carboxylic acids is 1.